The monoisotopic (exact) mass is 655 g/mol. The van der Waals surface area contributed by atoms with Crippen LogP contribution in [0.25, 0.3) is 78.4 Å². The van der Waals surface area contributed by atoms with Crippen LogP contribution < -0.4 is 4.74 Å². The van der Waals surface area contributed by atoms with Crippen LogP contribution >= 0.6 is 0 Å². The van der Waals surface area contributed by atoms with E-state index < -0.39 is 0 Å². The molecular weight excluding hydrogens is 627 g/mol. The smallest absolute Gasteiger partial charge is 0.164 e. The maximum atomic E-state index is 6.70. The Morgan fingerprint density at radius 3 is 1.71 bits per heavy atom. The van der Waals surface area contributed by atoms with Gasteiger partial charge in [-0.05, 0) is 64.7 Å². The average molecular weight is 656 g/mol. The Bertz CT molecular complexity index is 2700. The Morgan fingerprint density at radius 1 is 0.412 bits per heavy atom. The van der Waals surface area contributed by atoms with E-state index in [1.54, 1.807) is 0 Å². The van der Waals surface area contributed by atoms with Gasteiger partial charge in [0.15, 0.2) is 17.5 Å². The highest BCUT2D eigenvalue weighted by molar-refractivity contribution is 6.17. The summed E-state index contributed by atoms with van der Waals surface area (Å²) >= 11 is 0. The molecule has 0 saturated heterocycles. The summed E-state index contributed by atoms with van der Waals surface area (Å²) < 4.78 is 13.3. The molecule has 1 aliphatic rings. The second kappa shape index (κ2) is 11.9. The van der Waals surface area contributed by atoms with Crippen molar-refractivity contribution in [2.45, 2.75) is 6.42 Å². The van der Waals surface area contributed by atoms with Gasteiger partial charge in [0.25, 0.3) is 0 Å². The molecule has 9 aromatic rings. The summed E-state index contributed by atoms with van der Waals surface area (Å²) in [6, 6.07) is 55.9. The van der Waals surface area contributed by atoms with Gasteiger partial charge in [0.2, 0.25) is 0 Å². The van der Waals surface area contributed by atoms with E-state index in [0.29, 0.717) is 17.5 Å². The molecule has 0 atom stereocenters. The summed E-state index contributed by atoms with van der Waals surface area (Å²) in [6.45, 7) is 0. The van der Waals surface area contributed by atoms with Crippen LogP contribution in [0.1, 0.15) is 11.1 Å². The molecule has 51 heavy (non-hydrogen) atoms. The van der Waals surface area contributed by atoms with E-state index in [-0.39, 0.29) is 0 Å². The van der Waals surface area contributed by atoms with E-state index in [1.165, 1.54) is 5.56 Å². The zero-order chi connectivity index (χ0) is 33.7. The molecule has 240 valence electrons. The molecule has 1 aliphatic heterocycles. The largest absolute Gasteiger partial charge is 0.456 e. The SMILES string of the molecule is c1ccc(-c2nc(-c3ccccc3)nc(-c3ccc4oc5ccc6c(c5c4c3)-c3ccccc3Cc3ccccc3Oc3ccccc3-6)n2)cc1. The number of benzene rings is 7. The number of para-hydroxylation sites is 2. The molecule has 0 saturated carbocycles. The highest BCUT2D eigenvalue weighted by atomic mass is 16.5. The summed E-state index contributed by atoms with van der Waals surface area (Å²) in [4.78, 5) is 15.0. The van der Waals surface area contributed by atoms with Crippen LogP contribution in [-0.2, 0) is 6.42 Å². The van der Waals surface area contributed by atoms with Crippen LogP contribution in [0.2, 0.25) is 0 Å². The van der Waals surface area contributed by atoms with E-state index in [1.807, 2.05) is 84.9 Å². The minimum absolute atomic E-state index is 0.599. The molecule has 0 bridgehead atoms. The Morgan fingerprint density at radius 2 is 0.980 bits per heavy atom. The predicted octanol–water partition coefficient (Wildman–Crippen LogP) is 11.8. The average Bonchev–Trinajstić information content (AvgIpc) is 3.57. The lowest BCUT2D eigenvalue weighted by Crippen LogP contribution is -2.00. The molecule has 2 aromatic heterocycles. The number of hydrogen-bond donors (Lipinski definition) is 0. The van der Waals surface area contributed by atoms with Crippen molar-refractivity contribution in [1.29, 1.82) is 0 Å². The van der Waals surface area contributed by atoms with Gasteiger partial charge in [-0.2, -0.15) is 0 Å². The van der Waals surface area contributed by atoms with Crippen molar-refractivity contribution in [2.75, 3.05) is 0 Å². The maximum absolute atomic E-state index is 6.70. The number of ether oxygens (including phenoxy) is 1. The molecular formula is C46H29N3O2. The molecule has 0 spiro atoms. The third kappa shape index (κ3) is 5.06. The van der Waals surface area contributed by atoms with Crippen molar-refractivity contribution >= 4 is 21.9 Å². The second-order valence-corrected chi connectivity index (χ2v) is 12.8. The molecule has 0 unspecified atom stereocenters. The zero-order valence-electron chi connectivity index (χ0n) is 27.5. The molecule has 5 heteroatoms. The second-order valence-electron chi connectivity index (χ2n) is 12.8. The Kier molecular flexibility index (Phi) is 6.81. The lowest BCUT2D eigenvalue weighted by molar-refractivity contribution is 0.479. The molecule has 0 aliphatic carbocycles. The first-order chi connectivity index (χ1) is 25.3. The van der Waals surface area contributed by atoms with Gasteiger partial charge in [-0.1, -0.05) is 121 Å². The highest BCUT2D eigenvalue weighted by Gasteiger charge is 2.24. The van der Waals surface area contributed by atoms with E-state index in [2.05, 4.69) is 78.9 Å². The van der Waals surface area contributed by atoms with Crippen molar-refractivity contribution in [2.24, 2.45) is 0 Å². The molecule has 5 nitrogen and oxygen atoms in total. The summed E-state index contributed by atoms with van der Waals surface area (Å²) in [5, 5.41) is 2.04. The Balaban J connectivity index is 1.25. The number of aromatic nitrogens is 3. The molecule has 7 aromatic carbocycles. The molecule has 10 rings (SSSR count). The van der Waals surface area contributed by atoms with Gasteiger partial charge in [-0.25, -0.2) is 15.0 Å². The molecule has 0 fully saturated rings. The minimum atomic E-state index is 0.599. The van der Waals surface area contributed by atoms with Gasteiger partial charge >= 0.3 is 0 Å². The number of nitrogens with zero attached hydrogens (tertiary/aromatic N) is 3. The van der Waals surface area contributed by atoms with Crippen molar-refractivity contribution in [3.8, 4) is 67.9 Å². The van der Waals surface area contributed by atoms with Crippen LogP contribution in [0.3, 0.4) is 0 Å². The van der Waals surface area contributed by atoms with Gasteiger partial charge < -0.3 is 9.15 Å². The molecule has 0 amide bonds. The van der Waals surface area contributed by atoms with E-state index in [9.17, 15) is 0 Å². The summed E-state index contributed by atoms with van der Waals surface area (Å²) in [5.74, 6) is 3.52. The van der Waals surface area contributed by atoms with Gasteiger partial charge in [0.1, 0.15) is 22.7 Å². The quantitative estimate of drug-likeness (QED) is 0.190. The van der Waals surface area contributed by atoms with Crippen molar-refractivity contribution in [1.82, 2.24) is 15.0 Å². The number of rotatable bonds is 3. The lowest BCUT2D eigenvalue weighted by Gasteiger charge is -2.21. The van der Waals surface area contributed by atoms with E-state index >= 15 is 0 Å². The maximum Gasteiger partial charge on any atom is 0.164 e. The number of hydrogen-bond acceptors (Lipinski definition) is 5. The fraction of sp³-hybridized carbons (Fsp3) is 0.0217. The minimum Gasteiger partial charge on any atom is -0.456 e. The van der Waals surface area contributed by atoms with Gasteiger partial charge in [0.05, 0.1) is 0 Å². The predicted molar refractivity (Wildman–Crippen MR) is 204 cm³/mol. The number of furan rings is 1. The van der Waals surface area contributed by atoms with Crippen molar-refractivity contribution < 1.29 is 9.15 Å². The third-order valence-corrected chi connectivity index (χ3v) is 9.63. The normalized spacial score (nSPS) is 12.0. The Hall–Kier alpha value is -6.85. The molecule has 3 heterocycles. The van der Waals surface area contributed by atoms with E-state index in [4.69, 9.17) is 24.1 Å². The van der Waals surface area contributed by atoms with Crippen molar-refractivity contribution in [3.05, 3.63) is 175 Å². The van der Waals surface area contributed by atoms with Crippen LogP contribution in [0, 0.1) is 0 Å². The molecule has 0 N–H and O–H groups in total. The summed E-state index contributed by atoms with van der Waals surface area (Å²) in [6.07, 6.45) is 0.723. The third-order valence-electron chi connectivity index (χ3n) is 9.63. The van der Waals surface area contributed by atoms with Crippen molar-refractivity contribution in [3.63, 3.8) is 0 Å². The standard InChI is InChI=1S/C46H29N3O2/c1-3-13-29(14-4-1)44-47-45(30-15-5-2-6-16-30)49-46(48-44)33-23-25-40-37(28-33)43-41(51-40)26-24-36-35-20-10-12-22-39(35)50-38-21-11-8-18-32(38)27-31-17-7-9-19-34(31)42(36)43/h1-26,28H,27H2. The topological polar surface area (TPSA) is 61.0 Å². The van der Waals surface area contributed by atoms with Crippen LogP contribution in [0.15, 0.2) is 168 Å². The first-order valence-electron chi connectivity index (χ1n) is 17.1. The lowest BCUT2D eigenvalue weighted by atomic mass is 9.86. The van der Waals surface area contributed by atoms with Gasteiger partial charge in [-0.15, -0.1) is 0 Å². The van der Waals surface area contributed by atoms with Gasteiger partial charge in [-0.3, -0.25) is 0 Å². The fourth-order valence-corrected chi connectivity index (χ4v) is 7.22. The molecule has 0 radical (unpaired) electrons. The first-order valence-corrected chi connectivity index (χ1v) is 17.1. The van der Waals surface area contributed by atoms with Crippen LogP contribution in [0.5, 0.6) is 11.5 Å². The van der Waals surface area contributed by atoms with Gasteiger partial charge in [0, 0.05) is 45.0 Å². The zero-order valence-corrected chi connectivity index (χ0v) is 27.5. The summed E-state index contributed by atoms with van der Waals surface area (Å²) in [5.41, 5.74) is 11.1. The van der Waals surface area contributed by atoms with Crippen LogP contribution in [-0.4, -0.2) is 15.0 Å². The fourth-order valence-electron chi connectivity index (χ4n) is 7.22. The van der Waals surface area contributed by atoms with E-state index in [0.717, 1.165) is 84.4 Å². The van der Waals surface area contributed by atoms with Crippen LogP contribution in [0.4, 0.5) is 0 Å². The summed E-state index contributed by atoms with van der Waals surface area (Å²) in [7, 11) is 0. The Labute approximate surface area is 294 Å². The number of fused-ring (bicyclic) bond motifs is 10. The first kappa shape index (κ1) is 29.1. The highest BCUT2D eigenvalue weighted by Crippen LogP contribution is 2.48.